The summed E-state index contributed by atoms with van der Waals surface area (Å²) in [4.78, 5) is 26.9. The minimum absolute atomic E-state index is 0.0161. The van der Waals surface area contributed by atoms with Gasteiger partial charge in [-0.3, -0.25) is 14.5 Å². The molecule has 1 saturated heterocycles. The highest BCUT2D eigenvalue weighted by Crippen LogP contribution is 2.14. The molecule has 0 bridgehead atoms. The first kappa shape index (κ1) is 15.5. The van der Waals surface area contributed by atoms with E-state index >= 15 is 0 Å². The minimum Gasteiger partial charge on any atom is -0.480 e. The van der Waals surface area contributed by atoms with Gasteiger partial charge in [0.2, 0.25) is 0 Å². The Labute approximate surface area is 123 Å². The van der Waals surface area contributed by atoms with Gasteiger partial charge in [-0.1, -0.05) is 18.2 Å². The molecule has 0 aromatic heterocycles. The largest absolute Gasteiger partial charge is 0.480 e. The second-order valence-corrected chi connectivity index (χ2v) is 5.05. The molecule has 0 aliphatic carbocycles. The van der Waals surface area contributed by atoms with E-state index in [9.17, 15) is 9.59 Å². The Hall–Kier alpha value is -1.92. The van der Waals surface area contributed by atoms with Gasteiger partial charge in [0.05, 0.1) is 13.2 Å². The fraction of sp³-hybridized carbons (Fsp3) is 0.467. The molecule has 0 saturated carbocycles. The van der Waals surface area contributed by atoms with Crippen LogP contribution in [0.4, 0.5) is 0 Å². The van der Waals surface area contributed by atoms with Crippen LogP contribution in [0.5, 0.6) is 0 Å². The van der Waals surface area contributed by atoms with E-state index in [-0.39, 0.29) is 12.5 Å². The number of carbonyl (C=O) groups is 2. The highest BCUT2D eigenvalue weighted by molar-refractivity contribution is 5.95. The third-order valence-corrected chi connectivity index (χ3v) is 3.57. The van der Waals surface area contributed by atoms with Gasteiger partial charge in [-0.15, -0.1) is 0 Å². The van der Waals surface area contributed by atoms with Crippen LogP contribution in [0.25, 0.3) is 0 Å². The zero-order valence-corrected chi connectivity index (χ0v) is 12.1. The number of carboxylic acids is 1. The molecule has 1 aliphatic heterocycles. The number of carbonyl (C=O) groups excluding carboxylic acids is 1. The van der Waals surface area contributed by atoms with Gasteiger partial charge in [0.15, 0.2) is 0 Å². The lowest BCUT2D eigenvalue weighted by atomic mass is 10.1. The monoisotopic (exact) mass is 292 g/mol. The van der Waals surface area contributed by atoms with Crippen molar-refractivity contribution in [1.29, 1.82) is 0 Å². The number of carboxylic acid groups (broad SMARTS) is 1. The van der Waals surface area contributed by atoms with Gasteiger partial charge in [0.1, 0.15) is 0 Å². The summed E-state index contributed by atoms with van der Waals surface area (Å²) in [5, 5.41) is 8.78. The minimum atomic E-state index is -0.833. The fourth-order valence-electron chi connectivity index (χ4n) is 2.48. The quantitative estimate of drug-likeness (QED) is 0.864. The summed E-state index contributed by atoms with van der Waals surface area (Å²) in [6, 6.07) is 7.42. The standard InChI is InChI=1S/C15H20N2O4/c1-21-11-12-4-2-3-5-13(12)15(20)17-8-6-16(7-9-17)10-14(18)19/h2-5H,6-11H2,1H3,(H,18,19). The van der Waals surface area contributed by atoms with Crippen molar-refractivity contribution < 1.29 is 19.4 Å². The summed E-state index contributed by atoms with van der Waals surface area (Å²) >= 11 is 0. The molecule has 1 aliphatic rings. The maximum atomic E-state index is 12.6. The first-order valence-electron chi connectivity index (χ1n) is 6.92. The third kappa shape index (κ3) is 4.03. The van der Waals surface area contributed by atoms with Crippen molar-refractivity contribution in [2.24, 2.45) is 0 Å². The van der Waals surface area contributed by atoms with Gasteiger partial charge in [-0.2, -0.15) is 0 Å². The highest BCUT2D eigenvalue weighted by Gasteiger charge is 2.24. The van der Waals surface area contributed by atoms with Crippen LogP contribution in [-0.2, 0) is 16.1 Å². The van der Waals surface area contributed by atoms with Crippen LogP contribution in [0.1, 0.15) is 15.9 Å². The lowest BCUT2D eigenvalue weighted by molar-refractivity contribution is -0.138. The van der Waals surface area contributed by atoms with Gasteiger partial charge >= 0.3 is 5.97 Å². The molecular formula is C15H20N2O4. The molecule has 0 spiro atoms. The van der Waals surface area contributed by atoms with Crippen LogP contribution in [0.15, 0.2) is 24.3 Å². The summed E-state index contributed by atoms with van der Waals surface area (Å²) in [7, 11) is 1.60. The molecule has 6 heteroatoms. The number of ether oxygens (including phenoxy) is 1. The molecule has 0 atom stereocenters. The van der Waals surface area contributed by atoms with Crippen molar-refractivity contribution in [3.05, 3.63) is 35.4 Å². The second-order valence-electron chi connectivity index (χ2n) is 5.05. The molecule has 1 aromatic rings. The number of amides is 1. The van der Waals surface area contributed by atoms with Crippen molar-refractivity contribution in [2.75, 3.05) is 39.8 Å². The predicted octanol–water partition coefficient (Wildman–Crippen LogP) is 0.675. The summed E-state index contributed by atoms with van der Waals surface area (Å²) in [6.45, 7) is 2.71. The lowest BCUT2D eigenvalue weighted by Crippen LogP contribution is -2.50. The van der Waals surface area contributed by atoms with Crippen molar-refractivity contribution in [3.8, 4) is 0 Å². The first-order valence-corrected chi connectivity index (χ1v) is 6.92. The lowest BCUT2D eigenvalue weighted by Gasteiger charge is -2.34. The second kappa shape index (κ2) is 7.19. The Balaban J connectivity index is 2.00. The highest BCUT2D eigenvalue weighted by atomic mass is 16.5. The summed E-state index contributed by atoms with van der Waals surface area (Å²) in [5.41, 5.74) is 1.53. The molecule has 114 valence electrons. The van der Waals surface area contributed by atoms with Crippen LogP contribution in [0.2, 0.25) is 0 Å². The molecular weight excluding hydrogens is 272 g/mol. The van der Waals surface area contributed by atoms with Crippen LogP contribution in [0, 0.1) is 0 Å². The molecule has 2 rings (SSSR count). The van der Waals surface area contributed by atoms with Crippen LogP contribution >= 0.6 is 0 Å². The third-order valence-electron chi connectivity index (χ3n) is 3.57. The van der Waals surface area contributed by atoms with E-state index in [1.807, 2.05) is 23.1 Å². The molecule has 1 heterocycles. The number of nitrogens with zero attached hydrogens (tertiary/aromatic N) is 2. The number of aliphatic carboxylic acids is 1. The summed E-state index contributed by atoms with van der Waals surface area (Å²) < 4.78 is 5.12. The van der Waals surface area contributed by atoms with Gasteiger partial charge in [-0.05, 0) is 11.6 Å². The number of methoxy groups -OCH3 is 1. The first-order chi connectivity index (χ1) is 10.1. The SMILES string of the molecule is COCc1ccccc1C(=O)N1CCN(CC(=O)O)CC1. The predicted molar refractivity (Wildman–Crippen MR) is 77.1 cm³/mol. The Kier molecular flexibility index (Phi) is 5.30. The number of hydrogen-bond donors (Lipinski definition) is 1. The van der Waals surface area contributed by atoms with Crippen molar-refractivity contribution in [2.45, 2.75) is 6.61 Å². The maximum Gasteiger partial charge on any atom is 0.317 e. The van der Waals surface area contributed by atoms with Crippen molar-refractivity contribution in [3.63, 3.8) is 0 Å². The Morgan fingerprint density at radius 3 is 2.48 bits per heavy atom. The van der Waals surface area contributed by atoms with E-state index in [1.54, 1.807) is 18.1 Å². The van der Waals surface area contributed by atoms with Crippen LogP contribution in [-0.4, -0.2) is 66.6 Å². The van der Waals surface area contributed by atoms with Crippen molar-refractivity contribution in [1.82, 2.24) is 9.80 Å². The molecule has 0 unspecified atom stereocenters. The molecule has 1 aromatic carbocycles. The fourth-order valence-corrected chi connectivity index (χ4v) is 2.48. The van der Waals surface area contributed by atoms with Gasteiger partial charge in [-0.25, -0.2) is 0 Å². The molecule has 21 heavy (non-hydrogen) atoms. The van der Waals surface area contributed by atoms with Gasteiger partial charge in [0.25, 0.3) is 5.91 Å². The van der Waals surface area contributed by atoms with E-state index < -0.39 is 5.97 Å². The van der Waals surface area contributed by atoms with Gasteiger partial charge in [0, 0.05) is 38.9 Å². The number of benzene rings is 1. The van der Waals surface area contributed by atoms with E-state index in [0.29, 0.717) is 38.3 Å². The number of hydrogen-bond acceptors (Lipinski definition) is 4. The zero-order chi connectivity index (χ0) is 15.2. The topological polar surface area (TPSA) is 70.1 Å². The van der Waals surface area contributed by atoms with E-state index in [2.05, 4.69) is 0 Å². The number of piperazine rings is 1. The zero-order valence-electron chi connectivity index (χ0n) is 12.1. The maximum absolute atomic E-state index is 12.6. The van der Waals surface area contributed by atoms with Crippen LogP contribution in [0.3, 0.4) is 0 Å². The van der Waals surface area contributed by atoms with Crippen molar-refractivity contribution >= 4 is 11.9 Å². The smallest absolute Gasteiger partial charge is 0.317 e. The van der Waals surface area contributed by atoms with E-state index in [4.69, 9.17) is 9.84 Å². The normalized spacial score (nSPS) is 16.0. The molecule has 0 radical (unpaired) electrons. The molecule has 1 fully saturated rings. The van der Waals surface area contributed by atoms with Crippen LogP contribution < -0.4 is 0 Å². The number of rotatable bonds is 5. The van der Waals surface area contributed by atoms with E-state index in [1.165, 1.54) is 0 Å². The molecule has 1 amide bonds. The Morgan fingerprint density at radius 1 is 1.19 bits per heavy atom. The molecule has 6 nitrogen and oxygen atoms in total. The molecule has 1 N–H and O–H groups in total. The average Bonchev–Trinajstić information content (AvgIpc) is 2.48. The average molecular weight is 292 g/mol. The van der Waals surface area contributed by atoms with Gasteiger partial charge < -0.3 is 14.7 Å². The Morgan fingerprint density at radius 2 is 1.86 bits per heavy atom. The summed E-state index contributed by atoms with van der Waals surface area (Å²) in [6.07, 6.45) is 0. The van der Waals surface area contributed by atoms with E-state index in [0.717, 1.165) is 5.56 Å². The summed E-state index contributed by atoms with van der Waals surface area (Å²) in [5.74, 6) is -0.849. The Bertz CT molecular complexity index is 510.